The summed E-state index contributed by atoms with van der Waals surface area (Å²) in [6.45, 7) is 4.75. The summed E-state index contributed by atoms with van der Waals surface area (Å²) in [7, 11) is 0. The second kappa shape index (κ2) is 7.30. The zero-order valence-corrected chi connectivity index (χ0v) is 16.5. The predicted octanol–water partition coefficient (Wildman–Crippen LogP) is 1.39. The van der Waals surface area contributed by atoms with Crippen LogP contribution < -0.4 is 11.1 Å². The summed E-state index contributed by atoms with van der Waals surface area (Å²) in [6, 6.07) is 8.74. The van der Waals surface area contributed by atoms with Crippen LogP contribution >= 0.6 is 0 Å². The molecule has 7 nitrogen and oxygen atoms in total. The lowest BCUT2D eigenvalue weighted by atomic mass is 9.83. The van der Waals surface area contributed by atoms with Crippen molar-refractivity contribution in [2.75, 3.05) is 26.2 Å². The number of aromatic amines is 1. The molecule has 2 aromatic heterocycles. The third kappa shape index (κ3) is 3.44. The van der Waals surface area contributed by atoms with Crippen molar-refractivity contribution < 1.29 is 4.79 Å². The third-order valence-corrected chi connectivity index (χ3v) is 6.56. The normalized spacial score (nSPS) is 23.8. The van der Waals surface area contributed by atoms with Gasteiger partial charge in [0.1, 0.15) is 5.69 Å². The highest BCUT2D eigenvalue weighted by Gasteiger charge is 2.37. The molecule has 29 heavy (non-hydrogen) atoms. The average molecular weight is 394 g/mol. The van der Waals surface area contributed by atoms with Crippen LogP contribution in [-0.4, -0.2) is 51.4 Å². The van der Waals surface area contributed by atoms with Crippen LogP contribution in [0.5, 0.6) is 0 Å². The van der Waals surface area contributed by atoms with Gasteiger partial charge in [0, 0.05) is 49.4 Å². The molecule has 3 aliphatic rings. The molecule has 1 amide bonds. The Bertz CT molecular complexity index is 1050. The van der Waals surface area contributed by atoms with Gasteiger partial charge in [-0.25, -0.2) is 0 Å². The molecule has 0 aliphatic carbocycles. The highest BCUT2D eigenvalue weighted by molar-refractivity contribution is 5.92. The third-order valence-electron chi connectivity index (χ3n) is 6.56. The van der Waals surface area contributed by atoms with Crippen molar-refractivity contribution in [3.63, 3.8) is 0 Å². The fraction of sp³-hybridized carbons (Fsp3) is 0.500. The first-order valence-corrected chi connectivity index (χ1v) is 10.5. The van der Waals surface area contributed by atoms with E-state index in [1.165, 1.54) is 18.9 Å². The number of aromatic nitrogens is 2. The van der Waals surface area contributed by atoms with Crippen LogP contribution in [0.25, 0.3) is 0 Å². The second-order valence-corrected chi connectivity index (χ2v) is 8.62. The molecule has 2 aromatic rings. The van der Waals surface area contributed by atoms with Crippen LogP contribution in [0.1, 0.15) is 46.9 Å². The molecule has 0 spiro atoms. The first kappa shape index (κ1) is 18.4. The number of hydrogen-bond donors (Lipinski definition) is 1. The molecule has 2 fully saturated rings. The average Bonchev–Trinajstić information content (AvgIpc) is 3.23. The molecule has 2 bridgehead atoms. The Labute approximate surface area is 169 Å². The first-order valence-electron chi connectivity index (χ1n) is 10.5. The number of rotatable bonds is 3. The molecule has 1 N–H and O–H groups in total. The quantitative estimate of drug-likeness (QED) is 0.853. The van der Waals surface area contributed by atoms with E-state index >= 15 is 0 Å². The molecular weight excluding hydrogens is 368 g/mol. The van der Waals surface area contributed by atoms with Crippen LogP contribution in [0.2, 0.25) is 0 Å². The van der Waals surface area contributed by atoms with Crippen molar-refractivity contribution in [3.8, 4) is 0 Å². The van der Waals surface area contributed by atoms with Crippen molar-refractivity contribution in [3.05, 3.63) is 68.0 Å². The predicted molar refractivity (Wildman–Crippen MR) is 109 cm³/mol. The summed E-state index contributed by atoms with van der Waals surface area (Å²) in [6.07, 6.45) is 3.43. The van der Waals surface area contributed by atoms with Crippen molar-refractivity contribution in [2.24, 2.45) is 5.92 Å². The van der Waals surface area contributed by atoms with E-state index < -0.39 is 0 Å². The molecular formula is C22H26N4O3. The van der Waals surface area contributed by atoms with E-state index in [-0.39, 0.29) is 28.9 Å². The Balaban J connectivity index is 1.39. The van der Waals surface area contributed by atoms with Gasteiger partial charge in [0.15, 0.2) is 0 Å². The number of likely N-dealkylation sites (tertiary alicyclic amines) is 2. The Morgan fingerprint density at radius 2 is 1.86 bits per heavy atom. The molecule has 0 unspecified atom stereocenters. The first-order chi connectivity index (χ1) is 14.1. The minimum absolute atomic E-state index is 0.135. The standard InChI is InChI=1S/C22H26N4O3/c27-20-5-3-4-18(23-20)22(29)25-11-15-10-17(14-25)19-7-6-16(21(28)26(19)12-15)13-24-8-1-2-9-24/h3-7,15,17H,1-2,8-14H2,(H,23,27)/t15-,17+/m0/s1. The van der Waals surface area contributed by atoms with E-state index in [1.54, 1.807) is 12.1 Å². The van der Waals surface area contributed by atoms with Gasteiger partial charge in [-0.2, -0.15) is 0 Å². The monoisotopic (exact) mass is 394 g/mol. The minimum atomic E-state index is -0.268. The highest BCUT2D eigenvalue weighted by Crippen LogP contribution is 2.35. The molecule has 7 heteroatoms. The molecule has 0 radical (unpaired) electrons. The van der Waals surface area contributed by atoms with E-state index in [4.69, 9.17) is 0 Å². The van der Waals surface area contributed by atoms with Gasteiger partial charge in [0.05, 0.1) is 0 Å². The van der Waals surface area contributed by atoms with Crippen molar-refractivity contribution >= 4 is 5.91 Å². The van der Waals surface area contributed by atoms with Crippen LogP contribution in [0.15, 0.2) is 39.9 Å². The summed E-state index contributed by atoms with van der Waals surface area (Å²) in [5.74, 6) is 0.287. The van der Waals surface area contributed by atoms with Gasteiger partial charge in [-0.3, -0.25) is 19.3 Å². The van der Waals surface area contributed by atoms with Gasteiger partial charge in [-0.1, -0.05) is 12.1 Å². The van der Waals surface area contributed by atoms with Gasteiger partial charge in [0.25, 0.3) is 11.5 Å². The number of fused-ring (bicyclic) bond motifs is 4. The van der Waals surface area contributed by atoms with E-state index in [0.29, 0.717) is 25.3 Å². The fourth-order valence-electron chi connectivity index (χ4n) is 5.20. The Morgan fingerprint density at radius 3 is 2.66 bits per heavy atom. The molecule has 152 valence electrons. The van der Waals surface area contributed by atoms with Crippen molar-refractivity contribution in [1.82, 2.24) is 19.4 Å². The lowest BCUT2D eigenvalue weighted by Crippen LogP contribution is -2.49. The molecule has 5 heterocycles. The van der Waals surface area contributed by atoms with E-state index in [0.717, 1.165) is 37.3 Å². The number of nitrogens with zero attached hydrogens (tertiary/aromatic N) is 3. The number of carbonyl (C=O) groups is 1. The summed E-state index contributed by atoms with van der Waals surface area (Å²) < 4.78 is 1.95. The van der Waals surface area contributed by atoms with E-state index in [9.17, 15) is 14.4 Å². The molecule has 3 aliphatic heterocycles. The number of amides is 1. The van der Waals surface area contributed by atoms with Crippen LogP contribution in [-0.2, 0) is 13.1 Å². The van der Waals surface area contributed by atoms with Gasteiger partial charge in [-0.05, 0) is 50.4 Å². The van der Waals surface area contributed by atoms with Gasteiger partial charge in [0.2, 0.25) is 5.56 Å². The lowest BCUT2D eigenvalue weighted by molar-refractivity contribution is 0.0588. The lowest BCUT2D eigenvalue weighted by Gasteiger charge is -2.42. The Morgan fingerprint density at radius 1 is 1.03 bits per heavy atom. The summed E-state index contributed by atoms with van der Waals surface area (Å²) in [5.41, 5.74) is 2.11. The zero-order valence-electron chi connectivity index (χ0n) is 16.5. The molecule has 2 atom stereocenters. The Hall–Kier alpha value is -2.67. The number of piperidine rings is 1. The van der Waals surface area contributed by atoms with Crippen LogP contribution in [0.3, 0.4) is 0 Å². The maximum absolute atomic E-state index is 13.1. The number of hydrogen-bond acceptors (Lipinski definition) is 4. The Kier molecular flexibility index (Phi) is 4.62. The maximum atomic E-state index is 13.1. The van der Waals surface area contributed by atoms with E-state index in [2.05, 4.69) is 16.0 Å². The zero-order chi connectivity index (χ0) is 20.0. The summed E-state index contributed by atoms with van der Waals surface area (Å²) in [4.78, 5) is 44.4. The fourth-order valence-corrected chi connectivity index (χ4v) is 5.20. The molecule has 2 saturated heterocycles. The van der Waals surface area contributed by atoms with Crippen LogP contribution in [0, 0.1) is 5.92 Å². The SMILES string of the molecule is O=C(c1cccc(=O)[nH]1)N1C[C@@H]2C[C@H](C1)c1ccc(CN3CCCC3)c(=O)n1C2. The second-order valence-electron chi connectivity index (χ2n) is 8.62. The number of nitrogens with one attached hydrogen (secondary N) is 1. The smallest absolute Gasteiger partial charge is 0.270 e. The minimum Gasteiger partial charge on any atom is -0.336 e. The maximum Gasteiger partial charge on any atom is 0.270 e. The summed E-state index contributed by atoms with van der Waals surface area (Å²) in [5, 5.41) is 0. The van der Waals surface area contributed by atoms with Gasteiger partial charge < -0.3 is 14.5 Å². The largest absolute Gasteiger partial charge is 0.336 e. The highest BCUT2D eigenvalue weighted by atomic mass is 16.2. The number of H-pyrrole nitrogens is 1. The van der Waals surface area contributed by atoms with Gasteiger partial charge in [-0.15, -0.1) is 0 Å². The van der Waals surface area contributed by atoms with Crippen molar-refractivity contribution in [2.45, 2.75) is 38.3 Å². The van der Waals surface area contributed by atoms with Crippen LogP contribution in [0.4, 0.5) is 0 Å². The molecule has 5 rings (SSSR count). The number of pyridine rings is 2. The molecule has 0 aromatic carbocycles. The number of carbonyl (C=O) groups excluding carboxylic acids is 1. The topological polar surface area (TPSA) is 78.4 Å². The molecule has 0 saturated carbocycles. The summed E-state index contributed by atoms with van der Waals surface area (Å²) >= 11 is 0. The van der Waals surface area contributed by atoms with Crippen molar-refractivity contribution in [1.29, 1.82) is 0 Å². The van der Waals surface area contributed by atoms with E-state index in [1.807, 2.05) is 15.5 Å². The van der Waals surface area contributed by atoms with Gasteiger partial charge >= 0.3 is 0 Å².